The maximum Gasteiger partial charge on any atom is 0.508 e. The third-order valence-corrected chi connectivity index (χ3v) is 16.0. The first kappa shape index (κ1) is 37.3. The van der Waals surface area contributed by atoms with Gasteiger partial charge in [0.25, 0.3) is 0 Å². The Labute approximate surface area is 313 Å². The van der Waals surface area contributed by atoms with E-state index in [-0.39, 0.29) is 60.7 Å². The summed E-state index contributed by atoms with van der Waals surface area (Å²) in [6.45, 7) is 9.48. The molecule has 5 heterocycles. The first-order valence-corrected chi connectivity index (χ1v) is 21.6. The van der Waals surface area contributed by atoms with Crippen molar-refractivity contribution in [3.63, 3.8) is 0 Å². The average Bonchev–Trinajstić information content (AvgIpc) is 4.07. The van der Waals surface area contributed by atoms with Crippen molar-refractivity contribution in [2.45, 2.75) is 119 Å². The molecule has 13 nitrogen and oxygen atoms in total. The Bertz CT molecular complexity index is 1420. The number of epoxide rings is 3. The molecule has 52 heavy (non-hydrogen) atoms. The van der Waals surface area contributed by atoms with E-state index in [1.54, 1.807) is 0 Å². The van der Waals surface area contributed by atoms with Crippen LogP contribution in [0.15, 0.2) is 11.1 Å². The number of nitrogens with one attached hydrogen (secondary N) is 1. The molecule has 0 aromatic carbocycles. The minimum absolute atomic E-state index is 0.0321. The minimum Gasteiger partial charge on any atom is -0.458 e. The van der Waals surface area contributed by atoms with Crippen LogP contribution in [0.3, 0.4) is 0 Å². The Hall–Kier alpha value is -1.59. The lowest BCUT2D eigenvalue weighted by atomic mass is 9.46. The van der Waals surface area contributed by atoms with Crippen LogP contribution in [-0.2, 0) is 52.2 Å². The van der Waals surface area contributed by atoms with Crippen molar-refractivity contribution in [3.05, 3.63) is 11.1 Å². The van der Waals surface area contributed by atoms with Crippen LogP contribution >= 0.6 is 21.6 Å². The molecule has 15 heteroatoms. The molecular weight excluding hydrogens is 715 g/mol. The topological polar surface area (TPSA) is 156 Å². The van der Waals surface area contributed by atoms with Crippen LogP contribution in [0.4, 0.5) is 4.79 Å². The Kier molecular flexibility index (Phi) is 10.6. The van der Waals surface area contributed by atoms with Gasteiger partial charge in [0.15, 0.2) is 11.7 Å². The lowest BCUT2D eigenvalue weighted by molar-refractivity contribution is -0.136. The van der Waals surface area contributed by atoms with E-state index in [9.17, 15) is 14.4 Å². The molecule has 0 bridgehead atoms. The molecule has 10 unspecified atom stereocenters. The molecule has 1 amide bonds. The number of ether oxygens (including phenoxy) is 9. The maximum absolute atomic E-state index is 13.2. The molecule has 3 aliphatic carbocycles. The van der Waals surface area contributed by atoms with E-state index < -0.39 is 29.1 Å². The summed E-state index contributed by atoms with van der Waals surface area (Å²) in [4.78, 5) is 37.6. The summed E-state index contributed by atoms with van der Waals surface area (Å²) in [6.07, 6.45) is 5.25. The summed E-state index contributed by atoms with van der Waals surface area (Å²) in [5.41, 5.74) is -0.598. The minimum atomic E-state index is -0.820. The number of amides is 1. The highest BCUT2D eigenvalue weighted by atomic mass is 33.1. The Balaban J connectivity index is 0.716. The lowest BCUT2D eigenvalue weighted by Crippen LogP contribution is -2.70. The molecular formula is C37H53NO12S2. The number of fused-ring (bicyclic) bond motifs is 4. The molecule has 4 saturated heterocycles. The molecule has 2 saturated carbocycles. The molecule has 0 aromatic heterocycles. The van der Waals surface area contributed by atoms with Gasteiger partial charge >= 0.3 is 12.1 Å². The smallest absolute Gasteiger partial charge is 0.458 e. The van der Waals surface area contributed by atoms with E-state index >= 15 is 0 Å². The van der Waals surface area contributed by atoms with E-state index in [0.717, 1.165) is 42.1 Å². The highest BCUT2D eigenvalue weighted by molar-refractivity contribution is 8.77. The van der Waals surface area contributed by atoms with Gasteiger partial charge in [0.1, 0.15) is 36.6 Å². The van der Waals surface area contributed by atoms with Gasteiger partial charge in [-0.15, -0.1) is 0 Å². The second-order valence-corrected chi connectivity index (χ2v) is 18.7. The molecule has 2 spiro atoms. The second-order valence-electron chi connectivity index (χ2n) is 15.9. The average molecular weight is 768 g/mol. The van der Waals surface area contributed by atoms with Crippen molar-refractivity contribution in [3.8, 4) is 0 Å². The molecule has 0 aromatic rings. The van der Waals surface area contributed by atoms with Gasteiger partial charge in [0, 0.05) is 35.0 Å². The fourth-order valence-electron chi connectivity index (χ4n) is 10.3. The van der Waals surface area contributed by atoms with Crippen molar-refractivity contribution >= 4 is 39.6 Å². The van der Waals surface area contributed by atoms with Gasteiger partial charge in [-0.25, -0.2) is 9.59 Å². The molecule has 290 valence electrons. The number of esters is 1. The van der Waals surface area contributed by atoms with Gasteiger partial charge in [-0.2, -0.15) is 0 Å². The summed E-state index contributed by atoms with van der Waals surface area (Å²) in [6, 6.07) is 0. The largest absolute Gasteiger partial charge is 0.508 e. The Morgan fingerprint density at radius 1 is 0.981 bits per heavy atom. The normalized spacial score (nSPS) is 40.1. The van der Waals surface area contributed by atoms with Gasteiger partial charge < -0.3 is 47.9 Å². The fraction of sp³-hybridized carbons (Fsp3) is 0.865. The van der Waals surface area contributed by atoms with Crippen LogP contribution in [0, 0.1) is 17.3 Å². The van der Waals surface area contributed by atoms with Crippen molar-refractivity contribution < 1.29 is 57.0 Å². The fourth-order valence-corrected chi connectivity index (χ4v) is 13.3. The van der Waals surface area contributed by atoms with E-state index in [0.29, 0.717) is 59.0 Å². The van der Waals surface area contributed by atoms with Gasteiger partial charge in [-0.05, 0) is 55.9 Å². The quantitative estimate of drug-likeness (QED) is 0.0866. The zero-order chi connectivity index (χ0) is 36.1. The number of carbonyl (C=O) groups is 3. The van der Waals surface area contributed by atoms with Crippen LogP contribution in [0.1, 0.15) is 72.1 Å². The predicted molar refractivity (Wildman–Crippen MR) is 190 cm³/mol. The zero-order valence-electron chi connectivity index (χ0n) is 30.5. The first-order chi connectivity index (χ1) is 25.2. The summed E-state index contributed by atoms with van der Waals surface area (Å²) in [5, 5.41) is 3.68. The second kappa shape index (κ2) is 14.8. The standard InChI is InChI=1S/C37H53NO12S2/c1-22(2)35-29(49-35)30-37(50-30)34(3)10-8-24-25(21-46-31(24)40)26(34)20-27-36(37,48-27)32(35)47-33(41)45-18-17-44-16-15-43-14-13-42-12-11-38-28(39)7-5-4-6-23-9-19-51-52-23/h22-23,26-27,29-30,32H,4-21H2,1-3H3,(H,38,39). The van der Waals surface area contributed by atoms with Crippen LogP contribution < -0.4 is 5.32 Å². The van der Waals surface area contributed by atoms with Crippen molar-refractivity contribution in [2.24, 2.45) is 17.3 Å². The van der Waals surface area contributed by atoms with Crippen LogP contribution in [0.25, 0.3) is 0 Å². The lowest BCUT2D eigenvalue weighted by Gasteiger charge is -2.53. The number of carbonyl (C=O) groups excluding carboxylic acids is 3. The molecule has 10 atom stereocenters. The van der Waals surface area contributed by atoms with E-state index in [1.165, 1.54) is 18.6 Å². The van der Waals surface area contributed by atoms with Gasteiger partial charge in [0.05, 0.1) is 45.7 Å². The number of hydrogen-bond acceptors (Lipinski definition) is 14. The first-order valence-electron chi connectivity index (χ1n) is 19.2. The van der Waals surface area contributed by atoms with Gasteiger partial charge in [0.2, 0.25) is 5.91 Å². The zero-order valence-corrected chi connectivity index (χ0v) is 32.1. The molecule has 1 N–H and O–H groups in total. The van der Waals surface area contributed by atoms with Gasteiger partial charge in [-0.1, -0.05) is 48.8 Å². The molecule has 8 rings (SSSR count). The van der Waals surface area contributed by atoms with E-state index in [4.69, 9.17) is 42.6 Å². The van der Waals surface area contributed by atoms with E-state index in [2.05, 4.69) is 26.1 Å². The van der Waals surface area contributed by atoms with E-state index in [1.807, 2.05) is 21.6 Å². The molecule has 0 radical (unpaired) electrons. The monoisotopic (exact) mass is 767 g/mol. The Morgan fingerprint density at radius 2 is 1.75 bits per heavy atom. The van der Waals surface area contributed by atoms with Crippen LogP contribution in [0.5, 0.6) is 0 Å². The third-order valence-electron chi connectivity index (χ3n) is 12.9. The molecule has 8 aliphatic rings. The third kappa shape index (κ3) is 6.21. The summed E-state index contributed by atoms with van der Waals surface area (Å²) in [5.74, 6) is 1.30. The summed E-state index contributed by atoms with van der Waals surface area (Å²) in [7, 11) is 3.95. The SMILES string of the molecule is CC(C)C12OC1C1OC13C1(C)CCC4=C(COC4=O)C1CC1OC13C2OC(=O)OCCOCCOCCOCCNC(=O)CCCCC1CCSS1. The maximum atomic E-state index is 13.2. The summed E-state index contributed by atoms with van der Waals surface area (Å²) < 4.78 is 53.7. The van der Waals surface area contributed by atoms with Gasteiger partial charge in [-0.3, -0.25) is 4.79 Å². The number of cyclic esters (lactones) is 1. The predicted octanol–water partition coefficient (Wildman–Crippen LogP) is 4.14. The summed E-state index contributed by atoms with van der Waals surface area (Å²) >= 11 is 0. The van der Waals surface area contributed by atoms with Crippen molar-refractivity contribution in [2.75, 3.05) is 65.2 Å². The highest BCUT2D eigenvalue weighted by Gasteiger charge is 3.01. The van der Waals surface area contributed by atoms with Crippen molar-refractivity contribution in [1.29, 1.82) is 0 Å². The molecule has 5 aliphatic heterocycles. The van der Waals surface area contributed by atoms with Crippen molar-refractivity contribution in [1.82, 2.24) is 5.32 Å². The van der Waals surface area contributed by atoms with Crippen LogP contribution in [-0.4, -0.2) is 130 Å². The highest BCUT2D eigenvalue weighted by Crippen LogP contribution is 2.83. The van der Waals surface area contributed by atoms with Crippen LogP contribution in [0.2, 0.25) is 0 Å². The number of hydrogen-bond donors (Lipinski definition) is 1. The molecule has 6 fully saturated rings. The number of unbranched alkanes of at least 4 members (excludes halogenated alkanes) is 1. The Morgan fingerprint density at radius 3 is 2.50 bits per heavy atom. The number of rotatable bonds is 19.